The van der Waals surface area contributed by atoms with Gasteiger partial charge in [-0.2, -0.15) is 0 Å². The van der Waals surface area contributed by atoms with Crippen molar-refractivity contribution in [3.63, 3.8) is 0 Å². The normalized spacial score (nSPS) is 12.1. The van der Waals surface area contributed by atoms with Gasteiger partial charge in [-0.15, -0.1) is 0 Å². The molecule has 13 heavy (non-hydrogen) atoms. The number of aromatic nitrogens is 2. The van der Waals surface area contributed by atoms with Gasteiger partial charge in [0.05, 0.1) is 0 Å². The zero-order valence-electron chi connectivity index (χ0n) is 9.39. The molecule has 1 aromatic heterocycles. The number of aryl methyl sites for hydroxylation is 2. The maximum absolute atomic E-state index is 4.30. The van der Waals surface area contributed by atoms with Gasteiger partial charge in [0.1, 0.15) is 5.82 Å². The minimum atomic E-state index is 0.371. The molecule has 0 aliphatic rings. The molecule has 74 valence electrons. The monoisotopic (exact) mass is 180 g/mol. The van der Waals surface area contributed by atoms with E-state index in [1.807, 2.05) is 6.20 Å². The third-order valence-electron chi connectivity index (χ3n) is 2.80. The van der Waals surface area contributed by atoms with E-state index in [0.29, 0.717) is 5.41 Å². The van der Waals surface area contributed by atoms with Crippen LogP contribution >= 0.6 is 0 Å². The molecular formula is C11H20N2. The molecule has 0 aliphatic heterocycles. The van der Waals surface area contributed by atoms with Gasteiger partial charge in [0.2, 0.25) is 0 Å². The van der Waals surface area contributed by atoms with Gasteiger partial charge in [-0.05, 0) is 25.7 Å². The highest BCUT2D eigenvalue weighted by molar-refractivity contribution is 5.02. The zero-order valence-corrected chi connectivity index (χ0v) is 9.39. The SMILES string of the molecule is CCC(C)(C)Cn1c(C)cnc1C. The van der Waals surface area contributed by atoms with Crippen LogP contribution in [0.25, 0.3) is 0 Å². The van der Waals surface area contributed by atoms with Crippen LogP contribution in [0.3, 0.4) is 0 Å². The van der Waals surface area contributed by atoms with Gasteiger partial charge in [0, 0.05) is 18.4 Å². The summed E-state index contributed by atoms with van der Waals surface area (Å²) in [7, 11) is 0. The van der Waals surface area contributed by atoms with Gasteiger partial charge >= 0.3 is 0 Å². The third-order valence-corrected chi connectivity index (χ3v) is 2.80. The van der Waals surface area contributed by atoms with Gasteiger partial charge < -0.3 is 4.57 Å². The average Bonchev–Trinajstić information content (AvgIpc) is 2.36. The first-order valence-electron chi connectivity index (χ1n) is 4.95. The molecule has 0 fully saturated rings. The molecule has 0 saturated carbocycles. The molecule has 0 unspecified atom stereocenters. The minimum Gasteiger partial charge on any atom is -0.332 e. The van der Waals surface area contributed by atoms with Gasteiger partial charge in [0.15, 0.2) is 0 Å². The minimum absolute atomic E-state index is 0.371. The second-order valence-electron chi connectivity index (χ2n) is 4.55. The highest BCUT2D eigenvalue weighted by Gasteiger charge is 2.17. The lowest BCUT2D eigenvalue weighted by Crippen LogP contribution is -2.20. The van der Waals surface area contributed by atoms with Crippen LogP contribution in [-0.2, 0) is 6.54 Å². The maximum atomic E-state index is 4.30. The summed E-state index contributed by atoms with van der Waals surface area (Å²) in [6.45, 7) is 12.1. The molecule has 0 bridgehead atoms. The number of hydrogen-bond acceptors (Lipinski definition) is 1. The molecule has 0 spiro atoms. The number of nitrogens with zero attached hydrogens (tertiary/aromatic N) is 2. The topological polar surface area (TPSA) is 17.8 Å². The lowest BCUT2D eigenvalue weighted by Gasteiger charge is -2.24. The fourth-order valence-electron chi connectivity index (χ4n) is 1.36. The number of hydrogen-bond donors (Lipinski definition) is 0. The van der Waals surface area contributed by atoms with Crippen molar-refractivity contribution in [2.75, 3.05) is 0 Å². The van der Waals surface area contributed by atoms with Crippen molar-refractivity contribution in [3.8, 4) is 0 Å². The largest absolute Gasteiger partial charge is 0.332 e. The Morgan fingerprint density at radius 3 is 2.38 bits per heavy atom. The Hall–Kier alpha value is -0.790. The Labute approximate surface area is 81.0 Å². The van der Waals surface area contributed by atoms with Crippen LogP contribution in [0.1, 0.15) is 38.7 Å². The van der Waals surface area contributed by atoms with E-state index in [4.69, 9.17) is 0 Å². The molecular weight excluding hydrogens is 160 g/mol. The highest BCUT2D eigenvalue weighted by Crippen LogP contribution is 2.23. The first-order valence-corrected chi connectivity index (χ1v) is 4.95. The van der Waals surface area contributed by atoms with E-state index in [2.05, 4.69) is 44.2 Å². The predicted octanol–water partition coefficient (Wildman–Crippen LogP) is 2.94. The lowest BCUT2D eigenvalue weighted by atomic mass is 9.90. The standard InChI is InChI=1S/C11H20N2/c1-6-11(4,5)8-13-9(2)7-12-10(13)3/h7H,6,8H2,1-5H3. The van der Waals surface area contributed by atoms with Gasteiger partial charge in [-0.25, -0.2) is 4.98 Å². The van der Waals surface area contributed by atoms with Crippen LogP contribution in [0.4, 0.5) is 0 Å². The van der Waals surface area contributed by atoms with Crippen molar-refractivity contribution in [1.82, 2.24) is 9.55 Å². The Morgan fingerprint density at radius 1 is 1.38 bits per heavy atom. The molecule has 0 amide bonds. The molecule has 0 saturated heterocycles. The summed E-state index contributed by atoms with van der Waals surface area (Å²) in [6, 6.07) is 0. The van der Waals surface area contributed by atoms with E-state index in [-0.39, 0.29) is 0 Å². The Bertz CT molecular complexity index is 265. The van der Waals surface area contributed by atoms with Gasteiger partial charge in [-0.1, -0.05) is 20.8 Å². The molecule has 0 aliphatic carbocycles. The summed E-state index contributed by atoms with van der Waals surface area (Å²) in [5, 5.41) is 0. The van der Waals surface area contributed by atoms with Crippen LogP contribution in [0.2, 0.25) is 0 Å². The molecule has 1 aromatic rings. The van der Waals surface area contributed by atoms with Crippen LogP contribution < -0.4 is 0 Å². The molecule has 0 atom stereocenters. The van der Waals surface area contributed by atoms with Crippen LogP contribution in [-0.4, -0.2) is 9.55 Å². The number of imidazole rings is 1. The summed E-state index contributed by atoms with van der Waals surface area (Å²) in [4.78, 5) is 4.30. The van der Waals surface area contributed by atoms with E-state index < -0.39 is 0 Å². The Balaban J connectivity index is 2.85. The summed E-state index contributed by atoms with van der Waals surface area (Å²) in [6.07, 6.45) is 3.14. The molecule has 1 heterocycles. The van der Waals surface area contributed by atoms with Crippen LogP contribution in [0.5, 0.6) is 0 Å². The van der Waals surface area contributed by atoms with Crippen LogP contribution in [0.15, 0.2) is 6.20 Å². The van der Waals surface area contributed by atoms with Gasteiger partial charge in [0.25, 0.3) is 0 Å². The summed E-state index contributed by atoms with van der Waals surface area (Å²) >= 11 is 0. The van der Waals surface area contributed by atoms with Crippen molar-refractivity contribution < 1.29 is 0 Å². The van der Waals surface area contributed by atoms with E-state index in [1.54, 1.807) is 0 Å². The van der Waals surface area contributed by atoms with E-state index in [9.17, 15) is 0 Å². The first-order chi connectivity index (χ1) is 5.96. The van der Waals surface area contributed by atoms with Crippen LogP contribution in [0, 0.1) is 19.3 Å². The average molecular weight is 180 g/mol. The second kappa shape index (κ2) is 3.52. The Morgan fingerprint density at radius 2 is 2.00 bits per heavy atom. The summed E-state index contributed by atoms with van der Waals surface area (Å²) in [5.41, 5.74) is 1.63. The third kappa shape index (κ3) is 2.33. The maximum Gasteiger partial charge on any atom is 0.105 e. The van der Waals surface area contributed by atoms with Crippen molar-refractivity contribution in [2.45, 2.75) is 47.6 Å². The lowest BCUT2D eigenvalue weighted by molar-refractivity contribution is 0.289. The quantitative estimate of drug-likeness (QED) is 0.699. The van der Waals surface area contributed by atoms with E-state index in [1.165, 1.54) is 12.1 Å². The molecule has 2 heteroatoms. The molecule has 0 N–H and O–H groups in total. The second-order valence-corrected chi connectivity index (χ2v) is 4.55. The smallest absolute Gasteiger partial charge is 0.105 e. The molecule has 1 rings (SSSR count). The van der Waals surface area contributed by atoms with Crippen molar-refractivity contribution >= 4 is 0 Å². The van der Waals surface area contributed by atoms with Gasteiger partial charge in [-0.3, -0.25) is 0 Å². The molecule has 0 radical (unpaired) electrons. The van der Waals surface area contributed by atoms with E-state index >= 15 is 0 Å². The highest BCUT2D eigenvalue weighted by atomic mass is 15.1. The fraction of sp³-hybridized carbons (Fsp3) is 0.727. The summed E-state index contributed by atoms with van der Waals surface area (Å²) in [5.74, 6) is 1.12. The predicted molar refractivity (Wildman–Crippen MR) is 55.8 cm³/mol. The summed E-state index contributed by atoms with van der Waals surface area (Å²) < 4.78 is 2.30. The van der Waals surface area contributed by atoms with Crippen molar-refractivity contribution in [2.24, 2.45) is 5.41 Å². The van der Waals surface area contributed by atoms with Crippen molar-refractivity contribution in [1.29, 1.82) is 0 Å². The first kappa shape index (κ1) is 10.3. The number of rotatable bonds is 3. The van der Waals surface area contributed by atoms with E-state index in [0.717, 1.165) is 12.4 Å². The van der Waals surface area contributed by atoms with Crippen molar-refractivity contribution in [3.05, 3.63) is 17.7 Å². The zero-order chi connectivity index (χ0) is 10.1. The molecule has 2 nitrogen and oxygen atoms in total. The molecule has 0 aromatic carbocycles. The Kier molecular flexibility index (Phi) is 2.79. The fourth-order valence-corrected chi connectivity index (χ4v) is 1.36.